The molecule has 0 unspecified atom stereocenters. The van der Waals surface area contributed by atoms with Gasteiger partial charge in [-0.25, -0.2) is 0 Å². The average Bonchev–Trinajstić information content (AvgIpc) is 2.73. The summed E-state index contributed by atoms with van der Waals surface area (Å²) in [7, 11) is 1.64. The summed E-state index contributed by atoms with van der Waals surface area (Å²) in [6.45, 7) is 3.25. The van der Waals surface area contributed by atoms with E-state index >= 15 is 0 Å². The number of carbonyl (C=O) groups is 1. The van der Waals surface area contributed by atoms with Gasteiger partial charge in [-0.1, -0.05) is 42.0 Å². The Kier molecular flexibility index (Phi) is 6.57. The van der Waals surface area contributed by atoms with Crippen LogP contribution in [0.15, 0.2) is 60.7 Å². The maximum absolute atomic E-state index is 12.2. The number of aromatic nitrogens is 2. The molecule has 0 atom stereocenters. The smallest absolute Gasteiger partial charge is 0.271 e. The summed E-state index contributed by atoms with van der Waals surface area (Å²) in [6, 6.07) is 19.5. The number of rotatable bonds is 8. The summed E-state index contributed by atoms with van der Waals surface area (Å²) in [5, 5.41) is 14.2. The van der Waals surface area contributed by atoms with Crippen LogP contribution in [0.1, 0.15) is 27.2 Å². The van der Waals surface area contributed by atoms with Crippen molar-refractivity contribution in [1.82, 2.24) is 15.5 Å². The van der Waals surface area contributed by atoms with Crippen LogP contribution in [0.5, 0.6) is 5.75 Å². The molecule has 3 aromatic rings. The molecule has 0 spiro atoms. The fourth-order valence-corrected chi connectivity index (χ4v) is 2.77. The average molecular weight is 376 g/mol. The topological polar surface area (TPSA) is 76.1 Å². The van der Waals surface area contributed by atoms with Crippen LogP contribution in [-0.4, -0.2) is 29.8 Å². The minimum atomic E-state index is -0.230. The second kappa shape index (κ2) is 9.50. The fraction of sp³-hybridized carbons (Fsp3) is 0.227. The molecule has 6 heteroatoms. The van der Waals surface area contributed by atoms with Crippen molar-refractivity contribution in [2.45, 2.75) is 19.9 Å². The lowest BCUT2D eigenvalue weighted by atomic mass is 10.1. The summed E-state index contributed by atoms with van der Waals surface area (Å²) < 4.78 is 5.14. The first-order chi connectivity index (χ1) is 13.6. The molecular weight excluding hydrogens is 352 g/mol. The standard InChI is InChI=1S/C22H24N4O2/c1-16-4-3-5-18(14-16)15-24-21-11-10-20(25-26-21)22(27)23-13-12-17-6-8-19(28-2)9-7-17/h3-11,14H,12-13,15H2,1-2H3,(H,23,27)(H,24,26). The molecule has 0 fully saturated rings. The number of aryl methyl sites for hydroxylation is 1. The second-order valence-corrected chi connectivity index (χ2v) is 6.50. The number of nitrogens with zero attached hydrogens (tertiary/aromatic N) is 2. The van der Waals surface area contributed by atoms with Gasteiger partial charge in [0.15, 0.2) is 5.69 Å². The molecule has 28 heavy (non-hydrogen) atoms. The van der Waals surface area contributed by atoms with Crippen molar-refractivity contribution in [2.75, 3.05) is 19.0 Å². The number of ether oxygens (including phenoxy) is 1. The predicted molar refractivity (Wildman–Crippen MR) is 110 cm³/mol. The van der Waals surface area contributed by atoms with E-state index in [2.05, 4.69) is 46.0 Å². The van der Waals surface area contributed by atoms with Crippen molar-refractivity contribution in [3.05, 3.63) is 83.0 Å². The zero-order chi connectivity index (χ0) is 19.8. The normalized spacial score (nSPS) is 10.4. The van der Waals surface area contributed by atoms with Crippen LogP contribution in [0.4, 0.5) is 5.82 Å². The van der Waals surface area contributed by atoms with Gasteiger partial charge in [-0.3, -0.25) is 4.79 Å². The third-order valence-electron chi connectivity index (χ3n) is 4.31. The van der Waals surface area contributed by atoms with Crippen LogP contribution in [0, 0.1) is 6.92 Å². The van der Waals surface area contributed by atoms with Gasteiger partial charge in [0.1, 0.15) is 11.6 Å². The highest BCUT2D eigenvalue weighted by Gasteiger charge is 2.08. The Hall–Kier alpha value is -3.41. The van der Waals surface area contributed by atoms with Gasteiger partial charge in [0.05, 0.1) is 7.11 Å². The summed E-state index contributed by atoms with van der Waals surface area (Å²) in [6.07, 6.45) is 0.735. The molecule has 0 saturated heterocycles. The van der Waals surface area contributed by atoms with E-state index < -0.39 is 0 Å². The van der Waals surface area contributed by atoms with Crippen LogP contribution in [0.3, 0.4) is 0 Å². The maximum Gasteiger partial charge on any atom is 0.271 e. The van der Waals surface area contributed by atoms with Crippen molar-refractivity contribution in [3.63, 3.8) is 0 Å². The lowest BCUT2D eigenvalue weighted by molar-refractivity contribution is 0.0948. The third kappa shape index (κ3) is 5.54. The Morgan fingerprint density at radius 2 is 1.82 bits per heavy atom. The molecule has 2 N–H and O–H groups in total. The van der Waals surface area contributed by atoms with E-state index in [0.29, 0.717) is 24.6 Å². The maximum atomic E-state index is 12.2. The quantitative estimate of drug-likeness (QED) is 0.630. The molecule has 2 aromatic carbocycles. The molecule has 0 aliphatic carbocycles. The van der Waals surface area contributed by atoms with E-state index in [9.17, 15) is 4.79 Å². The Balaban J connectivity index is 1.46. The number of anilines is 1. The summed E-state index contributed by atoms with van der Waals surface area (Å²) >= 11 is 0. The lowest BCUT2D eigenvalue weighted by Crippen LogP contribution is -2.26. The highest BCUT2D eigenvalue weighted by Crippen LogP contribution is 2.11. The van der Waals surface area contributed by atoms with E-state index in [1.54, 1.807) is 19.2 Å². The number of hydrogen-bond donors (Lipinski definition) is 2. The molecule has 0 aliphatic rings. The van der Waals surface area contributed by atoms with Crippen LogP contribution < -0.4 is 15.4 Å². The third-order valence-corrected chi connectivity index (χ3v) is 4.31. The van der Waals surface area contributed by atoms with Gasteiger partial charge in [-0.2, -0.15) is 0 Å². The summed E-state index contributed by atoms with van der Waals surface area (Å²) in [5.74, 6) is 1.22. The van der Waals surface area contributed by atoms with Crippen molar-refractivity contribution >= 4 is 11.7 Å². The Morgan fingerprint density at radius 3 is 2.50 bits per heavy atom. The van der Waals surface area contributed by atoms with Gasteiger partial charge in [0.2, 0.25) is 0 Å². The predicted octanol–water partition coefficient (Wildman–Crippen LogP) is 3.38. The van der Waals surface area contributed by atoms with Gasteiger partial charge in [-0.15, -0.1) is 10.2 Å². The zero-order valence-corrected chi connectivity index (χ0v) is 16.1. The first kappa shape index (κ1) is 19.4. The fourth-order valence-electron chi connectivity index (χ4n) is 2.77. The van der Waals surface area contributed by atoms with Gasteiger partial charge >= 0.3 is 0 Å². The minimum absolute atomic E-state index is 0.230. The molecular formula is C22H24N4O2. The number of methoxy groups -OCH3 is 1. The minimum Gasteiger partial charge on any atom is -0.497 e. The van der Waals surface area contributed by atoms with Crippen LogP contribution in [-0.2, 0) is 13.0 Å². The van der Waals surface area contributed by atoms with E-state index in [1.807, 2.05) is 30.3 Å². The Morgan fingerprint density at radius 1 is 1.00 bits per heavy atom. The van der Waals surface area contributed by atoms with Gasteiger partial charge in [0, 0.05) is 13.1 Å². The molecule has 144 valence electrons. The zero-order valence-electron chi connectivity index (χ0n) is 16.1. The monoisotopic (exact) mass is 376 g/mol. The van der Waals surface area contributed by atoms with Crippen molar-refractivity contribution in [2.24, 2.45) is 0 Å². The molecule has 0 bridgehead atoms. The number of amides is 1. The van der Waals surface area contributed by atoms with Gasteiger partial charge in [-0.05, 0) is 48.7 Å². The van der Waals surface area contributed by atoms with E-state index in [1.165, 1.54) is 11.1 Å². The number of nitrogens with one attached hydrogen (secondary N) is 2. The Labute approximate surface area is 165 Å². The molecule has 6 nitrogen and oxygen atoms in total. The largest absolute Gasteiger partial charge is 0.497 e. The lowest BCUT2D eigenvalue weighted by Gasteiger charge is -2.07. The highest BCUT2D eigenvalue weighted by atomic mass is 16.5. The van der Waals surface area contributed by atoms with E-state index in [0.717, 1.165) is 17.7 Å². The number of benzene rings is 2. The second-order valence-electron chi connectivity index (χ2n) is 6.50. The highest BCUT2D eigenvalue weighted by molar-refractivity contribution is 5.92. The van der Waals surface area contributed by atoms with Gasteiger partial charge in [0.25, 0.3) is 5.91 Å². The van der Waals surface area contributed by atoms with E-state index in [-0.39, 0.29) is 5.91 Å². The molecule has 1 aromatic heterocycles. The first-order valence-corrected chi connectivity index (χ1v) is 9.18. The van der Waals surface area contributed by atoms with Crippen LogP contribution in [0.25, 0.3) is 0 Å². The first-order valence-electron chi connectivity index (χ1n) is 9.18. The van der Waals surface area contributed by atoms with Crippen molar-refractivity contribution in [1.29, 1.82) is 0 Å². The van der Waals surface area contributed by atoms with E-state index in [4.69, 9.17) is 4.74 Å². The van der Waals surface area contributed by atoms with Gasteiger partial charge < -0.3 is 15.4 Å². The summed E-state index contributed by atoms with van der Waals surface area (Å²) in [4.78, 5) is 12.2. The molecule has 0 radical (unpaired) electrons. The molecule has 3 rings (SSSR count). The molecule has 1 heterocycles. The van der Waals surface area contributed by atoms with Crippen molar-refractivity contribution in [3.8, 4) is 5.75 Å². The van der Waals surface area contributed by atoms with Crippen LogP contribution in [0.2, 0.25) is 0 Å². The molecule has 1 amide bonds. The molecule has 0 aliphatic heterocycles. The molecule has 0 saturated carbocycles. The summed E-state index contributed by atoms with van der Waals surface area (Å²) in [5.41, 5.74) is 3.81. The number of carbonyl (C=O) groups excluding carboxylic acids is 1. The van der Waals surface area contributed by atoms with Crippen LogP contribution >= 0.6 is 0 Å². The Bertz CT molecular complexity index is 909. The number of hydrogen-bond acceptors (Lipinski definition) is 5. The van der Waals surface area contributed by atoms with Crippen molar-refractivity contribution < 1.29 is 9.53 Å². The SMILES string of the molecule is COc1ccc(CCNC(=O)c2ccc(NCc3cccc(C)c3)nn2)cc1.